The van der Waals surface area contributed by atoms with Crippen LogP contribution in [0, 0.1) is 6.92 Å². The van der Waals surface area contributed by atoms with Crippen LogP contribution in [0.1, 0.15) is 22.2 Å². The molecule has 1 heterocycles. The van der Waals surface area contributed by atoms with Gasteiger partial charge in [-0.05, 0) is 25.5 Å². The minimum Gasteiger partial charge on any atom is -0.545 e. The van der Waals surface area contributed by atoms with E-state index < -0.39 is 17.8 Å². The van der Waals surface area contributed by atoms with Crippen molar-refractivity contribution in [1.29, 1.82) is 0 Å². The molecule has 6 nitrogen and oxygen atoms in total. The molecule has 0 aliphatic heterocycles. The molecular formula is C18H16NO5S-. The SMILES string of the molecule is CCOC(=O)c1c(NC(=O)/C=C/C(=O)[O-])sc(C)c1-c1ccccc1. The highest BCUT2D eigenvalue weighted by molar-refractivity contribution is 7.17. The molecule has 2 rings (SSSR count). The maximum absolute atomic E-state index is 12.4. The molecule has 0 fully saturated rings. The maximum Gasteiger partial charge on any atom is 0.341 e. The fraction of sp³-hybridized carbons (Fsp3) is 0.167. The third-order valence-electron chi connectivity index (χ3n) is 3.23. The van der Waals surface area contributed by atoms with Gasteiger partial charge in [0.25, 0.3) is 0 Å². The average Bonchev–Trinajstić information content (AvgIpc) is 2.90. The molecule has 0 spiro atoms. The van der Waals surface area contributed by atoms with E-state index in [1.807, 2.05) is 37.3 Å². The van der Waals surface area contributed by atoms with Crippen molar-refractivity contribution in [2.45, 2.75) is 13.8 Å². The van der Waals surface area contributed by atoms with Crippen LogP contribution in [0.15, 0.2) is 42.5 Å². The monoisotopic (exact) mass is 358 g/mol. The van der Waals surface area contributed by atoms with Crippen molar-refractivity contribution in [2.24, 2.45) is 0 Å². The zero-order valence-electron chi connectivity index (χ0n) is 13.7. The van der Waals surface area contributed by atoms with Crippen molar-refractivity contribution in [1.82, 2.24) is 0 Å². The van der Waals surface area contributed by atoms with Crippen LogP contribution in [0.5, 0.6) is 0 Å². The number of aliphatic carboxylic acids is 1. The number of carboxylic acids is 1. The molecule has 0 unspecified atom stereocenters. The number of rotatable bonds is 6. The van der Waals surface area contributed by atoms with Gasteiger partial charge in [-0.2, -0.15) is 0 Å². The van der Waals surface area contributed by atoms with Gasteiger partial charge >= 0.3 is 5.97 Å². The Morgan fingerprint density at radius 2 is 1.88 bits per heavy atom. The molecule has 7 heteroatoms. The third-order valence-corrected chi connectivity index (χ3v) is 4.25. The summed E-state index contributed by atoms with van der Waals surface area (Å²) in [5, 5.41) is 13.3. The number of aryl methyl sites for hydroxylation is 1. The first kappa shape index (κ1) is 18.4. The number of hydrogen-bond donors (Lipinski definition) is 1. The zero-order valence-corrected chi connectivity index (χ0v) is 14.5. The summed E-state index contributed by atoms with van der Waals surface area (Å²) in [7, 11) is 0. The van der Waals surface area contributed by atoms with E-state index in [2.05, 4.69) is 5.32 Å². The molecule has 0 aliphatic carbocycles. The van der Waals surface area contributed by atoms with Gasteiger partial charge in [-0.1, -0.05) is 30.3 Å². The number of nitrogens with one attached hydrogen (secondary N) is 1. The van der Waals surface area contributed by atoms with Crippen LogP contribution in [0.4, 0.5) is 5.00 Å². The molecule has 0 atom stereocenters. The lowest BCUT2D eigenvalue weighted by molar-refractivity contribution is -0.297. The van der Waals surface area contributed by atoms with Gasteiger partial charge < -0.3 is 20.0 Å². The summed E-state index contributed by atoms with van der Waals surface area (Å²) < 4.78 is 5.12. The van der Waals surface area contributed by atoms with E-state index in [1.54, 1.807) is 6.92 Å². The smallest absolute Gasteiger partial charge is 0.341 e. The molecule has 25 heavy (non-hydrogen) atoms. The Labute approximate surface area is 148 Å². The maximum atomic E-state index is 12.4. The Hall–Kier alpha value is -2.93. The molecule has 0 saturated carbocycles. The van der Waals surface area contributed by atoms with Gasteiger partial charge in [0.2, 0.25) is 5.91 Å². The number of carbonyl (C=O) groups is 3. The van der Waals surface area contributed by atoms with Crippen LogP contribution in [0.25, 0.3) is 11.1 Å². The molecule has 1 amide bonds. The van der Waals surface area contributed by atoms with Crippen LogP contribution in [0.2, 0.25) is 0 Å². The van der Waals surface area contributed by atoms with Crippen molar-refractivity contribution in [3.05, 3.63) is 52.9 Å². The number of carboxylic acid groups (broad SMARTS) is 1. The molecule has 0 bridgehead atoms. The van der Waals surface area contributed by atoms with E-state index in [0.29, 0.717) is 16.6 Å². The highest BCUT2D eigenvalue weighted by atomic mass is 32.1. The van der Waals surface area contributed by atoms with E-state index >= 15 is 0 Å². The summed E-state index contributed by atoms with van der Waals surface area (Å²) in [5.41, 5.74) is 1.76. The Balaban J connectivity index is 2.48. The van der Waals surface area contributed by atoms with Crippen LogP contribution in [-0.2, 0) is 14.3 Å². The van der Waals surface area contributed by atoms with E-state index in [-0.39, 0.29) is 12.2 Å². The molecule has 0 saturated heterocycles. The average molecular weight is 358 g/mol. The summed E-state index contributed by atoms with van der Waals surface area (Å²) >= 11 is 1.22. The summed E-state index contributed by atoms with van der Waals surface area (Å²) in [4.78, 5) is 35.5. The van der Waals surface area contributed by atoms with Crippen molar-refractivity contribution in [3.8, 4) is 11.1 Å². The first-order valence-corrected chi connectivity index (χ1v) is 8.31. The summed E-state index contributed by atoms with van der Waals surface area (Å²) in [6, 6.07) is 9.28. The van der Waals surface area contributed by atoms with E-state index in [4.69, 9.17) is 4.74 Å². The topological polar surface area (TPSA) is 95.5 Å². The summed E-state index contributed by atoms with van der Waals surface area (Å²) in [6.45, 7) is 3.72. The number of anilines is 1. The Bertz CT molecular complexity index is 823. The standard InChI is InChI=1S/C18H17NO5S/c1-3-24-18(23)16-15(12-7-5-4-6-8-12)11(2)25-17(16)19-13(20)9-10-14(21)22/h4-10H,3H2,1-2H3,(H,19,20)(H,21,22)/p-1/b10-9+. The third kappa shape index (κ3) is 4.54. The fourth-order valence-electron chi connectivity index (χ4n) is 2.28. The predicted molar refractivity (Wildman–Crippen MR) is 93.2 cm³/mol. The van der Waals surface area contributed by atoms with Crippen LogP contribution in [-0.4, -0.2) is 24.5 Å². The Morgan fingerprint density at radius 1 is 1.20 bits per heavy atom. The minimum atomic E-state index is -1.48. The van der Waals surface area contributed by atoms with Crippen molar-refractivity contribution >= 4 is 34.2 Å². The lowest BCUT2D eigenvalue weighted by Crippen LogP contribution is -2.20. The largest absolute Gasteiger partial charge is 0.545 e. The quantitative estimate of drug-likeness (QED) is 0.630. The number of amides is 1. The molecule has 130 valence electrons. The first-order chi connectivity index (χ1) is 11.9. The molecule has 2 aromatic rings. The zero-order chi connectivity index (χ0) is 18.4. The number of esters is 1. The van der Waals surface area contributed by atoms with Gasteiger partial charge in [0.1, 0.15) is 10.6 Å². The Kier molecular flexibility index (Phi) is 6.08. The highest BCUT2D eigenvalue weighted by Gasteiger charge is 2.25. The molecule has 1 aromatic carbocycles. The van der Waals surface area contributed by atoms with Crippen LogP contribution in [0.3, 0.4) is 0 Å². The van der Waals surface area contributed by atoms with Gasteiger partial charge in [0, 0.05) is 16.5 Å². The molecule has 1 aromatic heterocycles. The Morgan fingerprint density at radius 3 is 2.48 bits per heavy atom. The second-order valence-electron chi connectivity index (χ2n) is 4.97. The normalized spacial score (nSPS) is 10.6. The van der Waals surface area contributed by atoms with Gasteiger partial charge in [-0.15, -0.1) is 11.3 Å². The van der Waals surface area contributed by atoms with Crippen molar-refractivity contribution < 1.29 is 24.2 Å². The van der Waals surface area contributed by atoms with E-state index in [9.17, 15) is 19.5 Å². The lowest BCUT2D eigenvalue weighted by Gasteiger charge is -2.08. The minimum absolute atomic E-state index is 0.194. The van der Waals surface area contributed by atoms with E-state index in [1.165, 1.54) is 11.3 Å². The predicted octanol–water partition coefficient (Wildman–Crippen LogP) is 2.14. The number of carbonyl (C=O) groups excluding carboxylic acids is 3. The highest BCUT2D eigenvalue weighted by Crippen LogP contribution is 2.40. The number of ether oxygens (including phenoxy) is 1. The number of hydrogen-bond acceptors (Lipinski definition) is 6. The van der Waals surface area contributed by atoms with E-state index in [0.717, 1.165) is 16.5 Å². The van der Waals surface area contributed by atoms with Gasteiger partial charge in [-0.3, -0.25) is 4.79 Å². The summed E-state index contributed by atoms with van der Waals surface area (Å²) in [5.74, 6) is -2.70. The second kappa shape index (κ2) is 8.25. The lowest BCUT2D eigenvalue weighted by atomic mass is 10.0. The number of thiophene rings is 1. The molecule has 1 N–H and O–H groups in total. The van der Waals surface area contributed by atoms with Crippen LogP contribution < -0.4 is 10.4 Å². The molecular weight excluding hydrogens is 342 g/mol. The molecule has 0 aliphatic rings. The number of benzene rings is 1. The van der Waals surface area contributed by atoms with Gasteiger partial charge in [0.05, 0.1) is 12.6 Å². The van der Waals surface area contributed by atoms with Gasteiger partial charge in [-0.25, -0.2) is 4.79 Å². The van der Waals surface area contributed by atoms with Gasteiger partial charge in [0.15, 0.2) is 0 Å². The van der Waals surface area contributed by atoms with Crippen molar-refractivity contribution in [3.63, 3.8) is 0 Å². The molecule has 0 radical (unpaired) electrons. The van der Waals surface area contributed by atoms with Crippen LogP contribution >= 0.6 is 11.3 Å². The second-order valence-corrected chi connectivity index (χ2v) is 6.19. The van der Waals surface area contributed by atoms with Crippen molar-refractivity contribution in [2.75, 3.05) is 11.9 Å². The fourth-order valence-corrected chi connectivity index (χ4v) is 3.35. The summed E-state index contributed by atoms with van der Waals surface area (Å²) in [6.07, 6.45) is 1.46. The first-order valence-electron chi connectivity index (χ1n) is 7.50.